The average molecular weight is 725 g/mol. The Morgan fingerprint density at radius 3 is 1.66 bits per heavy atom. The van der Waals surface area contributed by atoms with Gasteiger partial charge in [-0.15, -0.1) is 0 Å². The Kier molecular flexibility index (Phi) is 32.3. The first-order valence-electron chi connectivity index (χ1n) is 20.0. The summed E-state index contributed by atoms with van der Waals surface area (Å²) in [6.07, 6.45) is 40.1. The second kappa shape index (κ2) is 33.3. The number of aliphatic hydroxyl groups is 1. The molecule has 0 heterocycles. The third-order valence-corrected chi connectivity index (χ3v) is 9.45. The summed E-state index contributed by atoms with van der Waals surface area (Å²) in [7, 11) is 1.22. The van der Waals surface area contributed by atoms with Gasteiger partial charge in [0.25, 0.3) is 7.82 Å². The van der Waals surface area contributed by atoms with E-state index in [-0.39, 0.29) is 12.5 Å². The van der Waals surface area contributed by atoms with Crippen molar-refractivity contribution in [2.24, 2.45) is 0 Å². The minimum Gasteiger partial charge on any atom is -0.756 e. The molecule has 8 nitrogen and oxygen atoms in total. The van der Waals surface area contributed by atoms with Crippen molar-refractivity contribution < 1.29 is 32.9 Å². The summed E-state index contributed by atoms with van der Waals surface area (Å²) >= 11 is 0. The molecular weight excluding hydrogens is 647 g/mol. The fraction of sp³-hybridized carbons (Fsp3) is 0.780. The average Bonchev–Trinajstić information content (AvgIpc) is 3.06. The number of nitrogens with one attached hydrogen (secondary N) is 1. The Balaban J connectivity index is 4.59. The summed E-state index contributed by atoms with van der Waals surface area (Å²) in [5.41, 5.74) is 0. The third-order valence-electron chi connectivity index (χ3n) is 8.49. The summed E-state index contributed by atoms with van der Waals surface area (Å²) in [4.78, 5) is 25.2. The monoisotopic (exact) mass is 725 g/mol. The van der Waals surface area contributed by atoms with Gasteiger partial charge in [-0.2, -0.15) is 0 Å². The van der Waals surface area contributed by atoms with Crippen LogP contribution in [-0.2, 0) is 18.4 Å². The van der Waals surface area contributed by atoms with E-state index in [9.17, 15) is 19.4 Å². The maximum Gasteiger partial charge on any atom is 0.268 e. The third kappa shape index (κ3) is 34.9. The Labute approximate surface area is 308 Å². The molecule has 0 saturated carbocycles. The molecule has 0 fully saturated rings. The van der Waals surface area contributed by atoms with Crippen LogP contribution < -0.4 is 10.2 Å². The first-order valence-corrected chi connectivity index (χ1v) is 21.5. The zero-order chi connectivity index (χ0) is 37.2. The van der Waals surface area contributed by atoms with E-state index in [1.807, 2.05) is 27.2 Å². The van der Waals surface area contributed by atoms with E-state index in [4.69, 9.17) is 9.05 Å². The van der Waals surface area contributed by atoms with E-state index in [0.717, 1.165) is 70.6 Å². The first kappa shape index (κ1) is 48.5. The second-order valence-electron chi connectivity index (χ2n) is 14.6. The van der Waals surface area contributed by atoms with E-state index in [1.165, 1.54) is 64.2 Å². The number of aliphatic hydroxyl groups excluding tert-OH is 1. The number of phosphoric acid groups is 1. The molecule has 0 radical (unpaired) electrons. The lowest BCUT2D eigenvalue weighted by Gasteiger charge is -2.29. The number of rotatable bonds is 35. The molecule has 0 rings (SSSR count). The van der Waals surface area contributed by atoms with E-state index in [0.29, 0.717) is 17.4 Å². The van der Waals surface area contributed by atoms with Gasteiger partial charge in [-0.05, 0) is 70.6 Å². The van der Waals surface area contributed by atoms with Crippen molar-refractivity contribution in [1.82, 2.24) is 5.32 Å². The minimum atomic E-state index is -4.59. The molecule has 292 valence electrons. The number of amides is 1. The minimum absolute atomic E-state index is 0.0119. The summed E-state index contributed by atoms with van der Waals surface area (Å²) in [6, 6.07) is -0.911. The molecule has 0 spiro atoms. The van der Waals surface area contributed by atoms with Crippen LogP contribution in [0.4, 0.5) is 0 Å². The van der Waals surface area contributed by atoms with Gasteiger partial charge in [-0.25, -0.2) is 0 Å². The lowest BCUT2D eigenvalue weighted by molar-refractivity contribution is -0.870. The number of nitrogens with zero attached hydrogens (tertiary/aromatic N) is 1. The summed E-state index contributed by atoms with van der Waals surface area (Å²) in [6.45, 7) is 4.54. The predicted molar refractivity (Wildman–Crippen MR) is 210 cm³/mol. The van der Waals surface area contributed by atoms with Crippen LogP contribution in [-0.4, -0.2) is 68.5 Å². The maximum absolute atomic E-state index is 12.8. The molecule has 0 aliphatic heterocycles. The highest BCUT2D eigenvalue weighted by Crippen LogP contribution is 2.38. The highest BCUT2D eigenvalue weighted by molar-refractivity contribution is 7.45. The van der Waals surface area contributed by atoms with Crippen LogP contribution in [0, 0.1) is 0 Å². The van der Waals surface area contributed by atoms with Crippen LogP contribution in [0.2, 0.25) is 0 Å². The van der Waals surface area contributed by atoms with Crippen LogP contribution in [0.5, 0.6) is 0 Å². The van der Waals surface area contributed by atoms with E-state index < -0.39 is 26.6 Å². The molecule has 3 unspecified atom stereocenters. The van der Waals surface area contributed by atoms with Crippen LogP contribution in [0.25, 0.3) is 0 Å². The molecule has 1 amide bonds. The number of carbonyl (C=O) groups excluding carboxylic acids is 1. The Bertz CT molecular complexity index is 959. The first-order chi connectivity index (χ1) is 24.0. The molecule has 0 aliphatic rings. The molecule has 0 aromatic heterocycles. The summed E-state index contributed by atoms with van der Waals surface area (Å²) in [5, 5.41) is 13.7. The number of allylic oxidation sites excluding steroid dienone is 7. The van der Waals surface area contributed by atoms with E-state index in [1.54, 1.807) is 6.08 Å². The van der Waals surface area contributed by atoms with Gasteiger partial charge in [-0.1, -0.05) is 127 Å². The van der Waals surface area contributed by atoms with Crippen molar-refractivity contribution in [2.45, 2.75) is 167 Å². The highest BCUT2D eigenvalue weighted by Gasteiger charge is 2.23. The number of likely N-dealkylation sites (N-methyl/N-ethyl adjacent to an activating group) is 1. The smallest absolute Gasteiger partial charge is 0.268 e. The zero-order valence-corrected chi connectivity index (χ0v) is 33.7. The molecule has 0 aromatic rings. The number of quaternary nitrogens is 1. The summed E-state index contributed by atoms with van der Waals surface area (Å²) < 4.78 is 23.1. The van der Waals surface area contributed by atoms with Crippen LogP contribution in [0.3, 0.4) is 0 Å². The van der Waals surface area contributed by atoms with Gasteiger partial charge in [-0.3, -0.25) is 9.36 Å². The number of phosphoric ester groups is 1. The topological polar surface area (TPSA) is 108 Å². The van der Waals surface area contributed by atoms with Crippen molar-refractivity contribution >= 4 is 13.7 Å². The maximum atomic E-state index is 12.8. The van der Waals surface area contributed by atoms with Gasteiger partial charge >= 0.3 is 0 Å². The molecule has 50 heavy (non-hydrogen) atoms. The quantitative estimate of drug-likeness (QED) is 0.0292. The zero-order valence-electron chi connectivity index (χ0n) is 32.8. The van der Waals surface area contributed by atoms with Gasteiger partial charge in [0.2, 0.25) is 5.91 Å². The molecule has 0 aromatic carbocycles. The number of hydrogen-bond donors (Lipinski definition) is 2. The van der Waals surface area contributed by atoms with E-state index in [2.05, 4.69) is 55.6 Å². The number of hydrogen-bond acceptors (Lipinski definition) is 6. The van der Waals surface area contributed by atoms with Crippen molar-refractivity contribution in [2.75, 3.05) is 40.9 Å². The molecule has 9 heteroatoms. The van der Waals surface area contributed by atoms with Gasteiger partial charge in [0.15, 0.2) is 0 Å². The fourth-order valence-corrected chi connectivity index (χ4v) is 5.96. The van der Waals surface area contributed by atoms with Gasteiger partial charge in [0.05, 0.1) is 39.9 Å². The van der Waals surface area contributed by atoms with E-state index >= 15 is 0 Å². The standard InChI is InChI=1S/C41H77N2O6P/c1-6-8-10-12-14-16-18-20-21-23-25-27-29-31-33-35-41(45)42-39(38-49-50(46,47)48-37-36-43(3,4)5)40(44)34-32-30-28-26-24-22-19-17-15-13-11-9-7-2/h15,17,20-21,24,26,32,34,39-40,44H,6-14,16,18-19,22-23,25,27-31,33,35-38H2,1-5H3,(H-,42,45,46,47)/b17-15+,21-20-,26-24+,34-32+. The van der Waals surface area contributed by atoms with Gasteiger partial charge < -0.3 is 28.8 Å². The molecule has 0 saturated heterocycles. The van der Waals surface area contributed by atoms with Crippen molar-refractivity contribution in [3.05, 3.63) is 48.6 Å². The molecule has 0 aliphatic carbocycles. The van der Waals surface area contributed by atoms with Crippen LogP contribution in [0.1, 0.15) is 155 Å². The van der Waals surface area contributed by atoms with Crippen molar-refractivity contribution in [3.63, 3.8) is 0 Å². The highest BCUT2D eigenvalue weighted by atomic mass is 31.2. The lowest BCUT2D eigenvalue weighted by Crippen LogP contribution is -2.45. The van der Waals surface area contributed by atoms with Crippen LogP contribution >= 0.6 is 7.82 Å². The second-order valence-corrected chi connectivity index (χ2v) is 16.0. The Morgan fingerprint density at radius 2 is 1.12 bits per heavy atom. The van der Waals surface area contributed by atoms with Crippen molar-refractivity contribution in [3.8, 4) is 0 Å². The largest absolute Gasteiger partial charge is 0.756 e. The normalized spacial score (nSPS) is 15.1. The SMILES string of the molecule is CCCCC/C=C/CC/C=C/CC/C=C/C(O)C(COP(=O)([O-])OCC[N+](C)(C)C)NC(=O)CCCCCCC/C=C\CCCCCCCC. The Hall–Kier alpha value is -1.54. The molecule has 0 bridgehead atoms. The molecule has 2 N–H and O–H groups in total. The van der Waals surface area contributed by atoms with Gasteiger partial charge in [0.1, 0.15) is 13.2 Å². The molecular formula is C41H77N2O6P. The van der Waals surface area contributed by atoms with Crippen LogP contribution in [0.15, 0.2) is 48.6 Å². The molecule has 3 atom stereocenters. The predicted octanol–water partition coefficient (Wildman–Crippen LogP) is 9.89. The Morgan fingerprint density at radius 1 is 0.680 bits per heavy atom. The number of carbonyl (C=O) groups is 1. The van der Waals surface area contributed by atoms with Gasteiger partial charge in [0, 0.05) is 6.42 Å². The summed E-state index contributed by atoms with van der Waals surface area (Å²) in [5.74, 6) is -0.224. The fourth-order valence-electron chi connectivity index (χ4n) is 5.23. The number of unbranched alkanes of at least 4 members (excludes halogenated alkanes) is 16. The van der Waals surface area contributed by atoms with Crippen molar-refractivity contribution in [1.29, 1.82) is 0 Å². The lowest BCUT2D eigenvalue weighted by atomic mass is 10.1.